The molecule has 0 radical (unpaired) electrons. The molecule has 0 bridgehead atoms. The second-order valence-corrected chi connectivity index (χ2v) is 9.46. The lowest BCUT2D eigenvalue weighted by Gasteiger charge is -2.34. The largest absolute Gasteiger partial charge is 0.493 e. The fourth-order valence-corrected chi connectivity index (χ4v) is 5.45. The highest BCUT2D eigenvalue weighted by atomic mass is 32.1. The van der Waals surface area contributed by atoms with Crippen LogP contribution in [0.2, 0.25) is 0 Å². The number of esters is 1. The second kappa shape index (κ2) is 10.0. The van der Waals surface area contributed by atoms with E-state index in [-0.39, 0.29) is 12.5 Å². The molecule has 9 nitrogen and oxygen atoms in total. The lowest BCUT2D eigenvalue weighted by molar-refractivity contribution is -0.149. The summed E-state index contributed by atoms with van der Waals surface area (Å²) in [5.41, 5.74) is 0.458. The number of thiazole rings is 1. The summed E-state index contributed by atoms with van der Waals surface area (Å²) >= 11 is 1.39. The molecule has 1 aliphatic heterocycles. The van der Waals surface area contributed by atoms with Gasteiger partial charge in [0.2, 0.25) is 0 Å². The fourth-order valence-electron chi connectivity index (χ4n) is 4.62. The van der Waals surface area contributed by atoms with E-state index in [1.807, 2.05) is 12.1 Å². The Morgan fingerprint density at radius 2 is 2.00 bits per heavy atom. The monoisotopic (exact) mass is 487 g/mol. The number of ether oxygens (including phenoxy) is 3. The van der Waals surface area contributed by atoms with E-state index in [2.05, 4.69) is 17.2 Å². The van der Waals surface area contributed by atoms with E-state index in [1.54, 1.807) is 25.7 Å². The van der Waals surface area contributed by atoms with Gasteiger partial charge < -0.3 is 19.5 Å². The van der Waals surface area contributed by atoms with Gasteiger partial charge in [-0.1, -0.05) is 19.4 Å². The number of urea groups is 1. The van der Waals surface area contributed by atoms with Crippen LogP contribution >= 0.6 is 11.3 Å². The van der Waals surface area contributed by atoms with Crippen molar-refractivity contribution >= 4 is 29.2 Å². The van der Waals surface area contributed by atoms with Gasteiger partial charge in [-0.05, 0) is 43.7 Å². The molecular weight excluding hydrogens is 458 g/mol. The number of nitrogens with one attached hydrogen (secondary N) is 1. The van der Waals surface area contributed by atoms with Crippen molar-refractivity contribution in [1.82, 2.24) is 15.2 Å². The smallest absolute Gasteiger partial charge is 0.326 e. The number of para-hydroxylation sites is 1. The lowest BCUT2D eigenvalue weighted by Crippen LogP contribution is -2.49. The van der Waals surface area contributed by atoms with Gasteiger partial charge in [-0.25, -0.2) is 9.78 Å². The van der Waals surface area contributed by atoms with Gasteiger partial charge in [0.05, 0.1) is 25.5 Å². The predicted molar refractivity (Wildman–Crippen MR) is 126 cm³/mol. The zero-order chi connectivity index (χ0) is 24.3. The average molecular weight is 488 g/mol. The molecule has 0 unspecified atom stereocenters. The number of nitrogens with zero attached hydrogens (tertiary/aromatic N) is 2. The number of methoxy groups -OCH3 is 2. The number of carbonyl (C=O) groups excluding carboxylic acids is 3. The van der Waals surface area contributed by atoms with E-state index in [4.69, 9.17) is 14.2 Å². The number of carbonyl (C=O) groups is 3. The zero-order valence-electron chi connectivity index (χ0n) is 19.6. The molecular formula is C24H29N3O6S. The summed E-state index contributed by atoms with van der Waals surface area (Å²) in [7, 11) is 3.13. The van der Waals surface area contributed by atoms with Crippen molar-refractivity contribution in [3.05, 3.63) is 29.3 Å². The van der Waals surface area contributed by atoms with E-state index < -0.39 is 24.1 Å². The van der Waals surface area contributed by atoms with Crippen LogP contribution in [0.4, 0.5) is 4.79 Å². The molecule has 1 saturated carbocycles. The summed E-state index contributed by atoms with van der Waals surface area (Å²) in [6.07, 6.45) is 4.07. The first-order valence-corrected chi connectivity index (χ1v) is 12.2. The first-order chi connectivity index (χ1) is 16.4. The molecule has 3 amide bonds. The lowest BCUT2D eigenvalue weighted by atomic mass is 9.75. The van der Waals surface area contributed by atoms with Crippen LogP contribution in [0.1, 0.15) is 44.7 Å². The van der Waals surface area contributed by atoms with Crippen LogP contribution in [0.5, 0.6) is 11.5 Å². The standard InChI is InChI=1S/C24H29N3O6S/c1-4-15-8-10-24(11-9-15)22(29)27(23(30)26-24)12-19(28)33-13-16-14-34-21(25-16)17-6-5-7-18(31-2)20(17)32-3/h5-7,14-15H,4,8-13H2,1-3H3,(H,26,30). The minimum atomic E-state index is -0.872. The molecule has 2 fully saturated rings. The third kappa shape index (κ3) is 4.59. The van der Waals surface area contributed by atoms with E-state index in [9.17, 15) is 14.4 Å². The van der Waals surface area contributed by atoms with Crippen molar-refractivity contribution < 1.29 is 28.6 Å². The van der Waals surface area contributed by atoms with E-state index in [0.717, 1.165) is 29.7 Å². The van der Waals surface area contributed by atoms with Gasteiger partial charge in [0.25, 0.3) is 5.91 Å². The van der Waals surface area contributed by atoms with Crippen molar-refractivity contribution in [2.24, 2.45) is 5.92 Å². The number of aromatic nitrogens is 1. The topological polar surface area (TPSA) is 107 Å². The van der Waals surface area contributed by atoms with Crippen LogP contribution in [-0.4, -0.2) is 54.1 Å². The fraction of sp³-hybridized carbons (Fsp3) is 0.500. The first-order valence-electron chi connectivity index (χ1n) is 11.4. The molecule has 1 aliphatic carbocycles. The summed E-state index contributed by atoms with van der Waals surface area (Å²) in [4.78, 5) is 43.4. The molecule has 1 saturated heterocycles. The number of rotatable bonds is 8. The molecule has 2 aliphatic rings. The molecule has 2 heterocycles. The zero-order valence-corrected chi connectivity index (χ0v) is 20.4. The van der Waals surface area contributed by atoms with Crippen LogP contribution in [0.15, 0.2) is 23.6 Å². The molecule has 1 N–H and O–H groups in total. The maximum absolute atomic E-state index is 13.0. The van der Waals surface area contributed by atoms with Crippen molar-refractivity contribution in [3.8, 4) is 22.1 Å². The van der Waals surface area contributed by atoms with E-state index >= 15 is 0 Å². The normalized spacial score (nSPS) is 22.1. The summed E-state index contributed by atoms with van der Waals surface area (Å²) in [6, 6.07) is 4.99. The highest BCUT2D eigenvalue weighted by Gasteiger charge is 2.52. The van der Waals surface area contributed by atoms with E-state index in [0.29, 0.717) is 41.0 Å². The number of imide groups is 1. The van der Waals surface area contributed by atoms with Crippen molar-refractivity contribution in [1.29, 1.82) is 0 Å². The minimum Gasteiger partial charge on any atom is -0.493 e. The Kier molecular flexibility index (Phi) is 7.06. The van der Waals surface area contributed by atoms with Crippen LogP contribution in [-0.2, 0) is 20.9 Å². The molecule has 0 atom stereocenters. The van der Waals surface area contributed by atoms with Crippen molar-refractivity contribution in [2.45, 2.75) is 51.2 Å². The molecule has 1 aromatic carbocycles. The Morgan fingerprint density at radius 1 is 1.24 bits per heavy atom. The van der Waals surface area contributed by atoms with Gasteiger partial charge in [-0.2, -0.15) is 0 Å². The van der Waals surface area contributed by atoms with E-state index in [1.165, 1.54) is 11.3 Å². The van der Waals surface area contributed by atoms with Gasteiger partial charge in [-0.3, -0.25) is 14.5 Å². The van der Waals surface area contributed by atoms with Crippen molar-refractivity contribution in [3.63, 3.8) is 0 Å². The van der Waals surface area contributed by atoms with Gasteiger partial charge in [-0.15, -0.1) is 11.3 Å². The number of hydrogen-bond acceptors (Lipinski definition) is 8. The average Bonchev–Trinajstić information content (AvgIpc) is 3.41. The minimum absolute atomic E-state index is 0.0609. The van der Waals surface area contributed by atoms with Gasteiger partial charge in [0.1, 0.15) is 23.7 Å². The molecule has 182 valence electrons. The number of hydrogen-bond donors (Lipinski definition) is 1. The van der Waals surface area contributed by atoms with Gasteiger partial charge in [0.15, 0.2) is 11.5 Å². The Bertz CT molecular complexity index is 1080. The van der Waals surface area contributed by atoms with Crippen LogP contribution in [0, 0.1) is 5.92 Å². The summed E-state index contributed by atoms with van der Waals surface area (Å²) in [5, 5.41) is 5.31. The van der Waals surface area contributed by atoms with Crippen LogP contribution in [0.25, 0.3) is 10.6 Å². The molecule has 10 heteroatoms. The Morgan fingerprint density at radius 3 is 2.68 bits per heavy atom. The third-order valence-corrected chi connectivity index (χ3v) is 7.56. The SMILES string of the molecule is CCC1CCC2(CC1)NC(=O)N(CC(=O)OCc1csc(-c3cccc(OC)c3OC)n1)C2=O. The number of benzene rings is 1. The van der Waals surface area contributed by atoms with Gasteiger partial charge in [0, 0.05) is 5.38 Å². The molecule has 4 rings (SSSR count). The maximum Gasteiger partial charge on any atom is 0.326 e. The van der Waals surface area contributed by atoms with Crippen LogP contribution in [0.3, 0.4) is 0 Å². The first kappa shape index (κ1) is 24.0. The highest BCUT2D eigenvalue weighted by Crippen LogP contribution is 2.39. The summed E-state index contributed by atoms with van der Waals surface area (Å²) in [6.45, 7) is 1.66. The van der Waals surface area contributed by atoms with Crippen LogP contribution < -0.4 is 14.8 Å². The summed E-state index contributed by atoms with van der Waals surface area (Å²) in [5.74, 6) is 0.761. The Hall–Kier alpha value is -3.14. The van der Waals surface area contributed by atoms with Gasteiger partial charge >= 0.3 is 12.0 Å². The molecule has 1 aromatic heterocycles. The number of amides is 3. The molecule has 2 aromatic rings. The quantitative estimate of drug-likeness (QED) is 0.446. The third-order valence-electron chi connectivity index (χ3n) is 6.64. The second-order valence-electron chi connectivity index (χ2n) is 8.60. The Labute approximate surface area is 202 Å². The summed E-state index contributed by atoms with van der Waals surface area (Å²) < 4.78 is 16.1. The van der Waals surface area contributed by atoms with Crippen molar-refractivity contribution in [2.75, 3.05) is 20.8 Å². The predicted octanol–water partition coefficient (Wildman–Crippen LogP) is 3.76. The maximum atomic E-state index is 13.0. The Balaban J connectivity index is 1.35. The molecule has 34 heavy (non-hydrogen) atoms. The molecule has 1 spiro atoms. The highest BCUT2D eigenvalue weighted by molar-refractivity contribution is 7.13.